The Morgan fingerprint density at radius 2 is 2.29 bits per heavy atom. The van der Waals surface area contributed by atoms with Gasteiger partial charge in [0.2, 0.25) is 0 Å². The Balaban J connectivity index is 1.64. The van der Waals surface area contributed by atoms with Crippen molar-refractivity contribution in [2.45, 2.75) is 52.3 Å². The fraction of sp³-hybridized carbons (Fsp3) is 0.529. The summed E-state index contributed by atoms with van der Waals surface area (Å²) in [5, 5.41) is 7.96. The summed E-state index contributed by atoms with van der Waals surface area (Å²) in [7, 11) is 0. The third kappa shape index (κ3) is 3.49. The molecule has 0 unspecified atom stereocenters. The second-order valence-corrected chi connectivity index (χ2v) is 6.60. The van der Waals surface area contributed by atoms with Gasteiger partial charge in [0.05, 0.1) is 35.1 Å². The summed E-state index contributed by atoms with van der Waals surface area (Å²) in [5.74, 6) is 0.727. The molecule has 2 atom stereocenters. The topological polar surface area (TPSA) is 69.3 Å². The van der Waals surface area contributed by atoms with Crippen molar-refractivity contribution in [3.63, 3.8) is 0 Å². The first-order valence-corrected chi connectivity index (χ1v) is 8.54. The molecule has 0 aromatic carbocycles. The molecule has 1 N–H and O–H groups in total. The van der Waals surface area contributed by atoms with E-state index in [1.807, 2.05) is 20.8 Å². The number of aryl methyl sites for hydroxylation is 1. The third-order valence-corrected chi connectivity index (χ3v) is 4.91. The predicted octanol–water partition coefficient (Wildman–Crippen LogP) is 3.09. The van der Waals surface area contributed by atoms with Gasteiger partial charge in [-0.2, -0.15) is 5.10 Å². The minimum atomic E-state index is -0.226. The fourth-order valence-electron chi connectivity index (χ4n) is 2.93. The molecule has 2 aromatic rings. The number of amides is 1. The number of hydrogen-bond acceptors (Lipinski definition) is 4. The van der Waals surface area contributed by atoms with E-state index in [-0.39, 0.29) is 18.1 Å². The molecule has 1 saturated heterocycles. The first-order chi connectivity index (χ1) is 11.5. The SMILES string of the molecule is Cc1nn(Cc2ccc(C(=O)N[C@H](C)[C@@H]3CCCO3)o2)c(C)c1Cl. The molecule has 0 radical (unpaired) electrons. The fourth-order valence-corrected chi connectivity index (χ4v) is 3.06. The van der Waals surface area contributed by atoms with E-state index in [9.17, 15) is 4.79 Å². The van der Waals surface area contributed by atoms with Crippen LogP contribution < -0.4 is 5.32 Å². The molecule has 1 fully saturated rings. The number of carbonyl (C=O) groups is 1. The van der Waals surface area contributed by atoms with Crippen LogP contribution in [0.3, 0.4) is 0 Å². The first kappa shape index (κ1) is 17.0. The summed E-state index contributed by atoms with van der Waals surface area (Å²) in [4.78, 5) is 12.3. The molecule has 0 saturated carbocycles. The highest BCUT2D eigenvalue weighted by atomic mass is 35.5. The van der Waals surface area contributed by atoms with E-state index in [4.69, 9.17) is 20.8 Å². The van der Waals surface area contributed by atoms with Crippen LogP contribution in [0.1, 0.15) is 47.5 Å². The molecular formula is C17H22ClN3O3. The van der Waals surface area contributed by atoms with Gasteiger partial charge in [-0.3, -0.25) is 9.48 Å². The highest BCUT2D eigenvalue weighted by Gasteiger charge is 2.25. The molecular weight excluding hydrogens is 330 g/mol. The predicted molar refractivity (Wildman–Crippen MR) is 90.4 cm³/mol. The quantitative estimate of drug-likeness (QED) is 0.898. The summed E-state index contributed by atoms with van der Waals surface area (Å²) < 4.78 is 13.0. The molecule has 24 heavy (non-hydrogen) atoms. The number of hydrogen-bond donors (Lipinski definition) is 1. The lowest BCUT2D eigenvalue weighted by Crippen LogP contribution is -2.40. The Morgan fingerprint density at radius 3 is 2.92 bits per heavy atom. The summed E-state index contributed by atoms with van der Waals surface area (Å²) in [5.41, 5.74) is 1.66. The highest BCUT2D eigenvalue weighted by Crippen LogP contribution is 2.21. The van der Waals surface area contributed by atoms with Crippen molar-refractivity contribution in [1.29, 1.82) is 0 Å². The van der Waals surface area contributed by atoms with Gasteiger partial charge >= 0.3 is 0 Å². The summed E-state index contributed by atoms with van der Waals surface area (Å²) in [6.07, 6.45) is 2.10. The highest BCUT2D eigenvalue weighted by molar-refractivity contribution is 6.31. The van der Waals surface area contributed by atoms with Crippen LogP contribution in [0.2, 0.25) is 5.02 Å². The van der Waals surface area contributed by atoms with Gasteiger partial charge < -0.3 is 14.5 Å². The van der Waals surface area contributed by atoms with Crippen molar-refractivity contribution in [2.75, 3.05) is 6.61 Å². The number of halogens is 1. The molecule has 1 aliphatic heterocycles. The number of aromatic nitrogens is 2. The van der Waals surface area contributed by atoms with Gasteiger partial charge in [-0.1, -0.05) is 11.6 Å². The standard InChI is InChI=1S/C17H22ClN3O3/c1-10(14-5-4-8-23-14)19-17(22)15-7-6-13(24-15)9-21-12(3)16(18)11(2)20-21/h6-7,10,14H,4-5,8-9H2,1-3H3,(H,19,22)/t10-,14+/m1/s1. The van der Waals surface area contributed by atoms with E-state index in [2.05, 4.69) is 10.4 Å². The largest absolute Gasteiger partial charge is 0.454 e. The van der Waals surface area contributed by atoms with Gasteiger partial charge in [0.15, 0.2) is 5.76 Å². The van der Waals surface area contributed by atoms with Crippen LogP contribution in [0.15, 0.2) is 16.5 Å². The van der Waals surface area contributed by atoms with E-state index in [1.54, 1.807) is 16.8 Å². The molecule has 6 nitrogen and oxygen atoms in total. The number of ether oxygens (including phenoxy) is 1. The van der Waals surface area contributed by atoms with Gasteiger partial charge in [-0.05, 0) is 45.7 Å². The van der Waals surface area contributed by atoms with Crippen molar-refractivity contribution < 1.29 is 13.9 Å². The lowest BCUT2D eigenvalue weighted by Gasteiger charge is -2.19. The van der Waals surface area contributed by atoms with Crippen molar-refractivity contribution in [1.82, 2.24) is 15.1 Å². The Kier molecular flexibility index (Phi) is 4.96. The summed E-state index contributed by atoms with van der Waals surface area (Å²) in [6, 6.07) is 3.43. The number of furan rings is 1. The Bertz CT molecular complexity index is 732. The summed E-state index contributed by atoms with van der Waals surface area (Å²) in [6.45, 7) is 6.92. The van der Waals surface area contributed by atoms with Crippen molar-refractivity contribution in [2.24, 2.45) is 0 Å². The Labute approximate surface area is 146 Å². The lowest BCUT2D eigenvalue weighted by molar-refractivity contribution is 0.0695. The normalized spacial score (nSPS) is 18.8. The Morgan fingerprint density at radius 1 is 1.50 bits per heavy atom. The van der Waals surface area contributed by atoms with Gasteiger partial charge in [-0.25, -0.2) is 0 Å². The van der Waals surface area contributed by atoms with Crippen LogP contribution in [0.4, 0.5) is 0 Å². The van der Waals surface area contributed by atoms with Crippen LogP contribution >= 0.6 is 11.6 Å². The minimum absolute atomic E-state index is 0.0385. The van der Waals surface area contributed by atoms with Crippen LogP contribution in [-0.2, 0) is 11.3 Å². The Hall–Kier alpha value is -1.79. The van der Waals surface area contributed by atoms with Gasteiger partial charge in [0, 0.05) is 6.61 Å². The van der Waals surface area contributed by atoms with E-state index < -0.39 is 0 Å². The maximum absolute atomic E-state index is 12.3. The van der Waals surface area contributed by atoms with Crippen LogP contribution in [-0.4, -0.2) is 34.4 Å². The monoisotopic (exact) mass is 351 g/mol. The average Bonchev–Trinajstić information content (AvgIpc) is 3.27. The number of rotatable bonds is 5. The summed E-state index contributed by atoms with van der Waals surface area (Å²) >= 11 is 6.15. The minimum Gasteiger partial charge on any atom is -0.454 e. The zero-order chi connectivity index (χ0) is 17.3. The maximum atomic E-state index is 12.3. The number of nitrogens with zero attached hydrogens (tertiary/aromatic N) is 2. The zero-order valence-electron chi connectivity index (χ0n) is 14.1. The molecule has 130 valence electrons. The molecule has 1 amide bonds. The molecule has 0 spiro atoms. The molecule has 7 heteroatoms. The molecule has 0 aliphatic carbocycles. The van der Waals surface area contributed by atoms with Gasteiger partial charge in [-0.15, -0.1) is 0 Å². The van der Waals surface area contributed by atoms with Gasteiger partial charge in [0.25, 0.3) is 5.91 Å². The smallest absolute Gasteiger partial charge is 0.287 e. The van der Waals surface area contributed by atoms with Crippen molar-refractivity contribution in [3.05, 3.63) is 40.1 Å². The van der Waals surface area contributed by atoms with Crippen LogP contribution in [0.25, 0.3) is 0 Å². The lowest BCUT2D eigenvalue weighted by atomic mass is 10.1. The molecule has 3 heterocycles. The molecule has 3 rings (SSSR count). The molecule has 0 bridgehead atoms. The van der Waals surface area contributed by atoms with E-state index in [1.165, 1.54) is 0 Å². The van der Waals surface area contributed by atoms with Crippen molar-refractivity contribution in [3.8, 4) is 0 Å². The average molecular weight is 352 g/mol. The maximum Gasteiger partial charge on any atom is 0.287 e. The second-order valence-electron chi connectivity index (χ2n) is 6.22. The van der Waals surface area contributed by atoms with Crippen LogP contribution in [0.5, 0.6) is 0 Å². The first-order valence-electron chi connectivity index (χ1n) is 8.16. The van der Waals surface area contributed by atoms with Crippen LogP contribution in [0, 0.1) is 13.8 Å². The molecule has 2 aromatic heterocycles. The van der Waals surface area contributed by atoms with Crippen molar-refractivity contribution >= 4 is 17.5 Å². The number of carbonyl (C=O) groups excluding carboxylic acids is 1. The second kappa shape index (κ2) is 6.99. The van der Waals surface area contributed by atoms with Gasteiger partial charge in [0.1, 0.15) is 5.76 Å². The van der Waals surface area contributed by atoms with E-state index in [0.717, 1.165) is 30.8 Å². The van der Waals surface area contributed by atoms with E-state index in [0.29, 0.717) is 23.1 Å². The third-order valence-electron chi connectivity index (χ3n) is 4.37. The van der Waals surface area contributed by atoms with E-state index >= 15 is 0 Å². The zero-order valence-corrected chi connectivity index (χ0v) is 14.9. The molecule has 1 aliphatic rings. The number of nitrogens with one attached hydrogen (secondary N) is 1.